The Hall–Kier alpha value is -0.590. The molecule has 0 amide bonds. The van der Waals surface area contributed by atoms with Crippen LogP contribution in [0.1, 0.15) is 27.2 Å². The van der Waals surface area contributed by atoms with Crippen LogP contribution in [0.4, 0.5) is 0 Å². The Kier molecular flexibility index (Phi) is 5.18. The van der Waals surface area contributed by atoms with E-state index in [4.69, 9.17) is 0 Å². The Balaban J connectivity index is 3.55. The quantitative estimate of drug-likeness (QED) is 0.514. The lowest BCUT2D eigenvalue weighted by atomic mass is 10.3. The summed E-state index contributed by atoms with van der Waals surface area (Å²) in [5.74, 6) is 0. The van der Waals surface area contributed by atoms with Crippen molar-refractivity contribution in [2.24, 2.45) is 4.99 Å². The smallest absolute Gasteiger partial charge is 0.0389 e. The Labute approximate surface area is 57.5 Å². The van der Waals surface area contributed by atoms with Gasteiger partial charge in [-0.25, -0.2) is 0 Å². The average Bonchev–Trinajstić information content (AvgIpc) is 1.85. The van der Waals surface area contributed by atoms with Crippen LogP contribution in [-0.2, 0) is 0 Å². The van der Waals surface area contributed by atoms with Crippen LogP contribution < -0.4 is 0 Å². The van der Waals surface area contributed by atoms with Crippen LogP contribution in [-0.4, -0.2) is 12.3 Å². The molecule has 0 rings (SSSR count). The van der Waals surface area contributed by atoms with Gasteiger partial charge in [0.25, 0.3) is 0 Å². The summed E-state index contributed by atoms with van der Waals surface area (Å²) >= 11 is 0. The number of hydrogen-bond donors (Lipinski definition) is 0. The van der Waals surface area contributed by atoms with Crippen molar-refractivity contribution in [1.82, 2.24) is 0 Å². The average molecular weight is 125 g/mol. The molecule has 0 aromatic carbocycles. The summed E-state index contributed by atoms with van der Waals surface area (Å²) in [6, 6.07) is 0. The van der Waals surface area contributed by atoms with E-state index in [2.05, 4.69) is 11.9 Å². The summed E-state index contributed by atoms with van der Waals surface area (Å²) < 4.78 is 0. The van der Waals surface area contributed by atoms with E-state index < -0.39 is 0 Å². The van der Waals surface area contributed by atoms with Crippen molar-refractivity contribution in [2.45, 2.75) is 27.2 Å². The fourth-order valence-corrected chi connectivity index (χ4v) is 0.582. The van der Waals surface area contributed by atoms with Crippen molar-refractivity contribution in [3.05, 3.63) is 12.2 Å². The van der Waals surface area contributed by atoms with Crippen molar-refractivity contribution in [3.63, 3.8) is 0 Å². The zero-order valence-electron chi connectivity index (χ0n) is 6.52. The molecule has 0 fully saturated rings. The maximum Gasteiger partial charge on any atom is 0.0389 e. The largest absolute Gasteiger partial charge is 0.290 e. The number of allylic oxidation sites excluding steroid dienone is 2. The van der Waals surface area contributed by atoms with Crippen molar-refractivity contribution in [2.75, 3.05) is 6.54 Å². The summed E-state index contributed by atoms with van der Waals surface area (Å²) in [6.45, 7) is 7.11. The van der Waals surface area contributed by atoms with Gasteiger partial charge in [-0.3, -0.25) is 4.99 Å². The van der Waals surface area contributed by atoms with Gasteiger partial charge in [0.15, 0.2) is 0 Å². The molecule has 0 heterocycles. The summed E-state index contributed by atoms with van der Waals surface area (Å²) in [7, 11) is 0. The van der Waals surface area contributed by atoms with Crippen molar-refractivity contribution >= 4 is 5.71 Å². The van der Waals surface area contributed by atoms with Gasteiger partial charge in [0.05, 0.1) is 0 Å². The van der Waals surface area contributed by atoms with Crippen molar-refractivity contribution in [3.8, 4) is 0 Å². The molecular weight excluding hydrogens is 110 g/mol. The molecule has 0 aliphatic heterocycles. The fourth-order valence-electron chi connectivity index (χ4n) is 0.582. The van der Waals surface area contributed by atoms with Gasteiger partial charge in [-0.2, -0.15) is 0 Å². The highest BCUT2D eigenvalue weighted by atomic mass is 14.7. The first-order chi connectivity index (χ1) is 4.31. The highest BCUT2D eigenvalue weighted by molar-refractivity contribution is 5.92. The molecule has 0 saturated carbocycles. The molecule has 0 bridgehead atoms. The number of hydrogen-bond acceptors (Lipinski definition) is 1. The standard InChI is InChI=1S/C8H15N/c1-4-6-8(3)9-7-5-2/h4,6H,5,7H2,1-3H3. The molecule has 0 N–H and O–H groups in total. The third-order valence-electron chi connectivity index (χ3n) is 0.993. The van der Waals surface area contributed by atoms with E-state index in [0.717, 1.165) is 18.7 Å². The normalized spacial score (nSPS) is 13.0. The van der Waals surface area contributed by atoms with Gasteiger partial charge in [0, 0.05) is 12.3 Å². The van der Waals surface area contributed by atoms with Gasteiger partial charge in [-0.05, 0) is 26.3 Å². The molecule has 0 saturated heterocycles. The van der Waals surface area contributed by atoms with E-state index in [1.54, 1.807) is 0 Å². The maximum absolute atomic E-state index is 4.26. The topological polar surface area (TPSA) is 12.4 Å². The van der Waals surface area contributed by atoms with E-state index in [1.165, 1.54) is 0 Å². The van der Waals surface area contributed by atoms with Gasteiger partial charge < -0.3 is 0 Å². The SMILES string of the molecule is CC=CC(C)=NCCC. The van der Waals surface area contributed by atoms with Crippen molar-refractivity contribution in [1.29, 1.82) is 0 Å². The zero-order chi connectivity index (χ0) is 7.11. The zero-order valence-corrected chi connectivity index (χ0v) is 6.52. The van der Waals surface area contributed by atoms with E-state index >= 15 is 0 Å². The van der Waals surface area contributed by atoms with Crippen LogP contribution >= 0.6 is 0 Å². The van der Waals surface area contributed by atoms with Crippen LogP contribution in [0.25, 0.3) is 0 Å². The van der Waals surface area contributed by atoms with Crippen molar-refractivity contribution < 1.29 is 0 Å². The highest BCUT2D eigenvalue weighted by Gasteiger charge is 1.78. The molecule has 0 aliphatic carbocycles. The van der Waals surface area contributed by atoms with Crippen LogP contribution in [0.15, 0.2) is 17.1 Å². The monoisotopic (exact) mass is 125 g/mol. The van der Waals surface area contributed by atoms with Crippen LogP contribution in [0.5, 0.6) is 0 Å². The van der Waals surface area contributed by atoms with Gasteiger partial charge in [-0.15, -0.1) is 0 Å². The fraction of sp³-hybridized carbons (Fsp3) is 0.625. The highest BCUT2D eigenvalue weighted by Crippen LogP contribution is 1.83. The second-order valence-electron chi connectivity index (χ2n) is 2.02. The third-order valence-corrected chi connectivity index (χ3v) is 0.993. The van der Waals surface area contributed by atoms with E-state index in [1.807, 2.05) is 26.0 Å². The minimum absolute atomic E-state index is 0.955. The molecule has 0 radical (unpaired) electrons. The predicted octanol–water partition coefficient (Wildman–Crippen LogP) is 2.43. The number of rotatable bonds is 3. The predicted molar refractivity (Wildman–Crippen MR) is 43.1 cm³/mol. The summed E-state index contributed by atoms with van der Waals surface area (Å²) in [5, 5.41) is 0. The first-order valence-electron chi connectivity index (χ1n) is 3.45. The lowest BCUT2D eigenvalue weighted by Crippen LogP contribution is -1.86. The van der Waals surface area contributed by atoms with Crippen LogP contribution in [0, 0.1) is 0 Å². The molecule has 0 aromatic heterocycles. The molecule has 0 spiro atoms. The van der Waals surface area contributed by atoms with Gasteiger partial charge >= 0.3 is 0 Å². The Morgan fingerprint density at radius 3 is 2.67 bits per heavy atom. The number of nitrogens with zero attached hydrogens (tertiary/aromatic N) is 1. The van der Waals surface area contributed by atoms with Gasteiger partial charge in [0.2, 0.25) is 0 Å². The second-order valence-corrected chi connectivity index (χ2v) is 2.02. The molecule has 0 aromatic rings. The second kappa shape index (κ2) is 5.54. The Bertz CT molecular complexity index is 112. The molecule has 0 atom stereocenters. The first-order valence-corrected chi connectivity index (χ1v) is 3.45. The van der Waals surface area contributed by atoms with Gasteiger partial charge in [-0.1, -0.05) is 13.0 Å². The maximum atomic E-state index is 4.26. The van der Waals surface area contributed by atoms with E-state index in [9.17, 15) is 0 Å². The molecular formula is C8H15N. The Morgan fingerprint density at radius 1 is 1.56 bits per heavy atom. The van der Waals surface area contributed by atoms with Crippen LogP contribution in [0.3, 0.4) is 0 Å². The lowest BCUT2D eigenvalue weighted by Gasteiger charge is -1.88. The van der Waals surface area contributed by atoms with E-state index in [0.29, 0.717) is 0 Å². The summed E-state index contributed by atoms with van der Waals surface area (Å²) in [6.07, 6.45) is 5.17. The lowest BCUT2D eigenvalue weighted by molar-refractivity contribution is 0.932. The molecule has 52 valence electrons. The minimum atomic E-state index is 0.955. The summed E-state index contributed by atoms with van der Waals surface area (Å²) in [5.41, 5.74) is 1.12. The molecule has 0 aliphatic rings. The molecule has 0 unspecified atom stereocenters. The first kappa shape index (κ1) is 8.41. The third kappa shape index (κ3) is 5.28. The Morgan fingerprint density at radius 2 is 2.22 bits per heavy atom. The van der Waals surface area contributed by atoms with Crippen LogP contribution in [0.2, 0.25) is 0 Å². The van der Waals surface area contributed by atoms with E-state index in [-0.39, 0.29) is 0 Å². The summed E-state index contributed by atoms with van der Waals surface area (Å²) in [4.78, 5) is 4.26. The van der Waals surface area contributed by atoms with Gasteiger partial charge in [0.1, 0.15) is 0 Å². The molecule has 1 heteroatoms. The minimum Gasteiger partial charge on any atom is -0.290 e. The molecule has 9 heavy (non-hydrogen) atoms. The molecule has 1 nitrogen and oxygen atoms in total. The number of aliphatic imine (C=N–C) groups is 1.